The lowest BCUT2D eigenvalue weighted by Crippen LogP contribution is -2.32. The molecule has 2 N–H and O–H groups in total. The second-order valence-corrected chi connectivity index (χ2v) is 8.37. The first kappa shape index (κ1) is 18.9. The normalized spacial score (nSPS) is 15.6. The van der Waals surface area contributed by atoms with Gasteiger partial charge in [0, 0.05) is 10.9 Å². The summed E-state index contributed by atoms with van der Waals surface area (Å²) in [6.07, 6.45) is 6.51. The van der Waals surface area contributed by atoms with Crippen molar-refractivity contribution in [1.82, 2.24) is 15.1 Å². The van der Waals surface area contributed by atoms with Crippen LogP contribution in [0.5, 0.6) is 0 Å². The van der Waals surface area contributed by atoms with Gasteiger partial charge in [-0.15, -0.1) is 11.3 Å². The molecular formula is C22H26N4OS. The molecule has 0 saturated heterocycles. The van der Waals surface area contributed by atoms with Crippen molar-refractivity contribution in [1.29, 1.82) is 0 Å². The quantitative estimate of drug-likeness (QED) is 0.611. The Labute approximate surface area is 169 Å². The molecular weight excluding hydrogens is 368 g/mol. The van der Waals surface area contributed by atoms with Crippen molar-refractivity contribution in [3.05, 3.63) is 70.0 Å². The molecule has 28 heavy (non-hydrogen) atoms. The van der Waals surface area contributed by atoms with E-state index in [9.17, 15) is 4.79 Å². The van der Waals surface area contributed by atoms with E-state index >= 15 is 0 Å². The summed E-state index contributed by atoms with van der Waals surface area (Å²) in [5, 5.41) is 13.0. The monoisotopic (exact) mass is 394 g/mol. The van der Waals surface area contributed by atoms with E-state index in [1.165, 1.54) is 23.3 Å². The third kappa shape index (κ3) is 4.34. The number of hydrogen-bond acceptors (Lipinski definition) is 4. The summed E-state index contributed by atoms with van der Waals surface area (Å²) >= 11 is 1.70. The Morgan fingerprint density at radius 2 is 2.00 bits per heavy atom. The van der Waals surface area contributed by atoms with Crippen LogP contribution in [-0.2, 0) is 4.79 Å². The van der Waals surface area contributed by atoms with Gasteiger partial charge in [-0.25, -0.2) is 4.68 Å². The molecule has 0 aliphatic heterocycles. The fourth-order valence-corrected chi connectivity index (χ4v) is 4.66. The van der Waals surface area contributed by atoms with E-state index in [2.05, 4.69) is 58.4 Å². The number of carbonyl (C=O) groups excluding carboxylic acids is 1. The van der Waals surface area contributed by atoms with Crippen LogP contribution in [0.3, 0.4) is 0 Å². The molecule has 0 spiro atoms. The van der Waals surface area contributed by atoms with Gasteiger partial charge in [-0.3, -0.25) is 10.1 Å². The highest BCUT2D eigenvalue weighted by Gasteiger charge is 2.21. The number of anilines is 1. The molecule has 2 aromatic heterocycles. The van der Waals surface area contributed by atoms with Gasteiger partial charge in [-0.05, 0) is 36.8 Å². The largest absolute Gasteiger partial charge is 0.310 e. The predicted molar refractivity (Wildman–Crippen MR) is 114 cm³/mol. The fourth-order valence-electron chi connectivity index (χ4n) is 3.83. The lowest BCUT2D eigenvalue weighted by Gasteiger charge is -2.19. The second-order valence-electron chi connectivity index (χ2n) is 7.39. The number of aromatic nitrogens is 2. The number of nitrogens with zero attached hydrogens (tertiary/aromatic N) is 2. The van der Waals surface area contributed by atoms with Gasteiger partial charge >= 0.3 is 0 Å². The van der Waals surface area contributed by atoms with E-state index in [1.807, 2.05) is 16.8 Å². The van der Waals surface area contributed by atoms with Crippen molar-refractivity contribution in [3.63, 3.8) is 0 Å². The number of amides is 1. The Bertz CT molecular complexity index is 895. The molecule has 6 heteroatoms. The molecule has 1 aliphatic rings. The maximum absolute atomic E-state index is 12.6. The molecule has 1 aromatic carbocycles. The molecule has 1 atom stereocenters. The van der Waals surface area contributed by atoms with Crippen LogP contribution < -0.4 is 10.6 Å². The van der Waals surface area contributed by atoms with Crippen LogP contribution >= 0.6 is 11.3 Å². The Kier molecular flexibility index (Phi) is 5.88. The van der Waals surface area contributed by atoms with E-state index in [0.717, 1.165) is 24.2 Å². The van der Waals surface area contributed by atoms with Crippen LogP contribution in [0.1, 0.15) is 53.8 Å². The zero-order valence-corrected chi connectivity index (χ0v) is 16.9. The van der Waals surface area contributed by atoms with Gasteiger partial charge in [-0.1, -0.05) is 48.7 Å². The van der Waals surface area contributed by atoms with Crippen molar-refractivity contribution in [2.45, 2.75) is 44.7 Å². The lowest BCUT2D eigenvalue weighted by molar-refractivity contribution is -0.115. The van der Waals surface area contributed by atoms with Gasteiger partial charge in [0.2, 0.25) is 5.91 Å². The number of rotatable bonds is 7. The van der Waals surface area contributed by atoms with Gasteiger partial charge in [0.1, 0.15) is 5.82 Å². The highest BCUT2D eigenvalue weighted by atomic mass is 32.1. The lowest BCUT2D eigenvalue weighted by atomic mass is 10.0. The van der Waals surface area contributed by atoms with E-state index in [4.69, 9.17) is 0 Å². The maximum atomic E-state index is 12.6. The molecule has 1 aliphatic carbocycles. The summed E-state index contributed by atoms with van der Waals surface area (Å²) in [5.41, 5.74) is 2.39. The fraction of sp³-hybridized carbons (Fsp3) is 0.364. The minimum Gasteiger partial charge on any atom is -0.310 e. The Balaban J connectivity index is 1.42. The number of benzene rings is 1. The summed E-state index contributed by atoms with van der Waals surface area (Å²) in [5.74, 6) is 0.745. The predicted octanol–water partition coefficient (Wildman–Crippen LogP) is 4.69. The van der Waals surface area contributed by atoms with Crippen molar-refractivity contribution < 1.29 is 4.79 Å². The molecule has 1 fully saturated rings. The Hall–Kier alpha value is -2.44. The summed E-state index contributed by atoms with van der Waals surface area (Å²) in [7, 11) is 0. The van der Waals surface area contributed by atoms with Crippen LogP contribution in [0.4, 0.5) is 5.82 Å². The summed E-state index contributed by atoms with van der Waals surface area (Å²) in [4.78, 5) is 13.8. The Morgan fingerprint density at radius 3 is 2.71 bits per heavy atom. The first-order valence-corrected chi connectivity index (χ1v) is 10.8. The van der Waals surface area contributed by atoms with E-state index in [0.29, 0.717) is 6.04 Å². The molecule has 2 heterocycles. The summed E-state index contributed by atoms with van der Waals surface area (Å²) in [6, 6.07) is 14.9. The first-order chi connectivity index (χ1) is 13.7. The molecule has 4 rings (SSSR count). The van der Waals surface area contributed by atoms with E-state index in [1.54, 1.807) is 17.5 Å². The zero-order chi connectivity index (χ0) is 19.3. The van der Waals surface area contributed by atoms with Gasteiger partial charge < -0.3 is 5.32 Å². The van der Waals surface area contributed by atoms with Gasteiger partial charge in [0.25, 0.3) is 0 Å². The molecule has 5 nitrogen and oxygen atoms in total. The van der Waals surface area contributed by atoms with Crippen LogP contribution in [0, 0.1) is 6.92 Å². The average Bonchev–Trinajstić information content (AvgIpc) is 3.46. The number of hydrogen-bond donors (Lipinski definition) is 2. The van der Waals surface area contributed by atoms with Gasteiger partial charge in [-0.2, -0.15) is 5.10 Å². The van der Waals surface area contributed by atoms with Crippen LogP contribution in [0.2, 0.25) is 0 Å². The zero-order valence-electron chi connectivity index (χ0n) is 16.1. The third-order valence-corrected chi connectivity index (χ3v) is 6.25. The number of carbonyl (C=O) groups is 1. The molecule has 0 bridgehead atoms. The minimum atomic E-state index is -0.0478. The first-order valence-electron chi connectivity index (χ1n) is 9.87. The number of nitrogens with one attached hydrogen (secondary N) is 2. The number of aryl methyl sites for hydroxylation is 1. The highest BCUT2D eigenvalue weighted by Crippen LogP contribution is 2.31. The van der Waals surface area contributed by atoms with Gasteiger partial charge in [0.05, 0.1) is 24.8 Å². The standard InChI is InChI=1S/C22H26N4OS/c1-16-8-10-17(11-9-16)22(19-7-4-14-28-19)23-15-21(27)25-20-12-13-24-26(20)18-5-2-3-6-18/h4,7-14,18,22-23H,2-3,5-6,15H2,1H3,(H,25,27)/t22-/m0/s1. The van der Waals surface area contributed by atoms with E-state index < -0.39 is 0 Å². The van der Waals surface area contributed by atoms with Crippen LogP contribution in [0.15, 0.2) is 54.0 Å². The second kappa shape index (κ2) is 8.71. The smallest absolute Gasteiger partial charge is 0.239 e. The molecule has 0 unspecified atom stereocenters. The van der Waals surface area contributed by atoms with Gasteiger partial charge in [0.15, 0.2) is 0 Å². The van der Waals surface area contributed by atoms with Crippen molar-refractivity contribution in [3.8, 4) is 0 Å². The molecule has 146 valence electrons. The topological polar surface area (TPSA) is 59.0 Å². The maximum Gasteiger partial charge on any atom is 0.239 e. The van der Waals surface area contributed by atoms with Crippen molar-refractivity contribution in [2.75, 3.05) is 11.9 Å². The van der Waals surface area contributed by atoms with Crippen molar-refractivity contribution in [2.24, 2.45) is 0 Å². The van der Waals surface area contributed by atoms with Crippen LogP contribution in [-0.4, -0.2) is 22.2 Å². The number of thiophene rings is 1. The van der Waals surface area contributed by atoms with Crippen molar-refractivity contribution >= 4 is 23.1 Å². The highest BCUT2D eigenvalue weighted by molar-refractivity contribution is 7.10. The Morgan fingerprint density at radius 1 is 1.21 bits per heavy atom. The summed E-state index contributed by atoms with van der Waals surface area (Å²) in [6.45, 7) is 2.32. The SMILES string of the molecule is Cc1ccc([C@H](NCC(=O)Nc2ccnn2C2CCCC2)c2cccs2)cc1. The molecule has 0 radical (unpaired) electrons. The summed E-state index contributed by atoms with van der Waals surface area (Å²) < 4.78 is 1.97. The van der Waals surface area contributed by atoms with E-state index in [-0.39, 0.29) is 18.5 Å². The average molecular weight is 395 g/mol. The molecule has 3 aromatic rings. The molecule has 1 saturated carbocycles. The molecule has 1 amide bonds. The minimum absolute atomic E-state index is 0.00564. The van der Waals surface area contributed by atoms with Crippen LogP contribution in [0.25, 0.3) is 0 Å². The third-order valence-electron chi connectivity index (χ3n) is 5.31.